The second-order valence-corrected chi connectivity index (χ2v) is 7.01. The first-order chi connectivity index (χ1) is 7.81. The average molecular weight is 367 g/mol. The number of hydrogen-bond donors (Lipinski definition) is 1. The first-order valence-electron chi connectivity index (χ1n) is 5.27. The Morgan fingerprint density at radius 1 is 1.56 bits per heavy atom. The summed E-state index contributed by atoms with van der Waals surface area (Å²) in [5.41, 5.74) is 0. The Hall–Kier alpha value is 0.310. The Kier molecular flexibility index (Phi) is 5.02. The van der Waals surface area contributed by atoms with E-state index < -0.39 is 0 Å². The van der Waals surface area contributed by atoms with Crippen molar-refractivity contribution in [2.75, 3.05) is 29.1 Å². The fourth-order valence-electron chi connectivity index (χ4n) is 1.46. The summed E-state index contributed by atoms with van der Waals surface area (Å²) in [6.45, 7) is 2.99. The lowest BCUT2D eigenvalue weighted by atomic mass is 10.4. The second-order valence-electron chi connectivity index (χ2n) is 3.39. The highest BCUT2D eigenvalue weighted by Crippen LogP contribution is 2.35. The van der Waals surface area contributed by atoms with Gasteiger partial charge in [-0.15, -0.1) is 11.8 Å². The minimum Gasteiger partial charge on any atom is -0.369 e. The van der Waals surface area contributed by atoms with Gasteiger partial charge >= 0.3 is 0 Å². The van der Waals surface area contributed by atoms with E-state index >= 15 is 0 Å². The Morgan fingerprint density at radius 3 is 3.12 bits per heavy atom. The van der Waals surface area contributed by atoms with Crippen LogP contribution in [0.5, 0.6) is 0 Å². The molecule has 1 aromatic rings. The molecule has 1 atom stereocenters. The van der Waals surface area contributed by atoms with Crippen molar-refractivity contribution in [1.82, 2.24) is 9.97 Å². The van der Waals surface area contributed by atoms with E-state index in [9.17, 15) is 0 Å². The molecule has 0 saturated carbocycles. The molecule has 6 heteroatoms. The molecule has 0 radical (unpaired) electrons. The molecule has 1 aliphatic heterocycles. The van der Waals surface area contributed by atoms with Crippen LogP contribution in [0.15, 0.2) is 6.20 Å². The zero-order valence-electron chi connectivity index (χ0n) is 9.07. The van der Waals surface area contributed by atoms with Crippen LogP contribution >= 0.6 is 46.1 Å². The van der Waals surface area contributed by atoms with Gasteiger partial charge in [-0.05, 0) is 29.5 Å². The van der Waals surface area contributed by atoms with Gasteiger partial charge in [0.2, 0.25) is 0 Å². The third kappa shape index (κ3) is 3.16. The predicted molar refractivity (Wildman–Crippen MR) is 81.4 cm³/mol. The van der Waals surface area contributed by atoms with Crippen LogP contribution in [0.3, 0.4) is 0 Å². The summed E-state index contributed by atoms with van der Waals surface area (Å²) in [4.78, 5) is 9.07. The molecule has 0 aliphatic carbocycles. The lowest BCUT2D eigenvalue weighted by Gasteiger charge is -2.20. The zero-order chi connectivity index (χ0) is 11.4. The molecule has 0 bridgehead atoms. The SMILES string of the molecule is CCNc1nc(C2CSCCS2)ncc1I. The van der Waals surface area contributed by atoms with Gasteiger partial charge in [0.25, 0.3) is 0 Å². The van der Waals surface area contributed by atoms with E-state index in [1.807, 2.05) is 29.7 Å². The normalized spacial score (nSPS) is 20.8. The van der Waals surface area contributed by atoms with Gasteiger partial charge in [0, 0.05) is 30.0 Å². The molecule has 0 amide bonds. The molecule has 16 heavy (non-hydrogen) atoms. The molecule has 0 spiro atoms. The molecule has 1 unspecified atom stereocenters. The molecule has 1 N–H and O–H groups in total. The fraction of sp³-hybridized carbons (Fsp3) is 0.600. The smallest absolute Gasteiger partial charge is 0.144 e. The molecule has 1 aliphatic rings. The van der Waals surface area contributed by atoms with E-state index in [0.717, 1.165) is 27.5 Å². The highest BCUT2D eigenvalue weighted by molar-refractivity contribution is 14.1. The van der Waals surface area contributed by atoms with E-state index in [1.165, 1.54) is 11.5 Å². The molecule has 88 valence electrons. The third-order valence-electron chi connectivity index (χ3n) is 2.21. The number of nitrogens with one attached hydrogen (secondary N) is 1. The van der Waals surface area contributed by atoms with Gasteiger partial charge in [0.15, 0.2) is 0 Å². The summed E-state index contributed by atoms with van der Waals surface area (Å²) >= 11 is 6.24. The van der Waals surface area contributed by atoms with Crippen molar-refractivity contribution in [2.24, 2.45) is 0 Å². The number of halogens is 1. The predicted octanol–water partition coefficient (Wildman–Crippen LogP) is 3.03. The number of aromatic nitrogens is 2. The van der Waals surface area contributed by atoms with E-state index in [1.54, 1.807) is 0 Å². The van der Waals surface area contributed by atoms with Crippen LogP contribution in [0.2, 0.25) is 0 Å². The Morgan fingerprint density at radius 2 is 2.44 bits per heavy atom. The maximum atomic E-state index is 4.62. The summed E-state index contributed by atoms with van der Waals surface area (Å²) in [5.74, 6) is 5.56. The molecule has 2 heterocycles. The lowest BCUT2D eigenvalue weighted by Crippen LogP contribution is -2.12. The van der Waals surface area contributed by atoms with Crippen molar-refractivity contribution in [3.63, 3.8) is 0 Å². The van der Waals surface area contributed by atoms with Crippen molar-refractivity contribution in [1.29, 1.82) is 0 Å². The van der Waals surface area contributed by atoms with Gasteiger partial charge in [-0.3, -0.25) is 0 Å². The van der Waals surface area contributed by atoms with Crippen LogP contribution in [0.1, 0.15) is 18.0 Å². The Labute approximate surface area is 118 Å². The molecule has 3 nitrogen and oxygen atoms in total. The Balaban J connectivity index is 2.17. The first-order valence-corrected chi connectivity index (χ1v) is 8.55. The van der Waals surface area contributed by atoms with Crippen molar-refractivity contribution < 1.29 is 0 Å². The highest BCUT2D eigenvalue weighted by Gasteiger charge is 2.19. The minimum absolute atomic E-state index is 0.466. The standard InChI is InChI=1S/C10H14IN3S2/c1-2-12-9-7(11)5-13-10(14-9)8-6-15-3-4-16-8/h5,8H,2-4,6H2,1H3,(H,12,13,14). The third-order valence-corrected chi connectivity index (χ3v) is 5.75. The molecule has 1 aromatic heterocycles. The maximum Gasteiger partial charge on any atom is 0.144 e. The summed E-state index contributed by atoms with van der Waals surface area (Å²) in [6.07, 6.45) is 1.92. The quantitative estimate of drug-likeness (QED) is 0.832. The van der Waals surface area contributed by atoms with Gasteiger partial charge in [-0.1, -0.05) is 0 Å². The van der Waals surface area contributed by atoms with E-state index in [2.05, 4.69) is 44.8 Å². The van der Waals surface area contributed by atoms with E-state index in [-0.39, 0.29) is 0 Å². The second kappa shape index (κ2) is 6.30. The average Bonchev–Trinajstić information content (AvgIpc) is 2.33. The molecule has 2 rings (SSSR count). The van der Waals surface area contributed by atoms with Crippen molar-refractivity contribution in [3.8, 4) is 0 Å². The van der Waals surface area contributed by atoms with Crippen LogP contribution in [0.4, 0.5) is 5.82 Å². The monoisotopic (exact) mass is 367 g/mol. The maximum absolute atomic E-state index is 4.62. The summed E-state index contributed by atoms with van der Waals surface area (Å²) < 4.78 is 1.09. The number of hydrogen-bond acceptors (Lipinski definition) is 5. The van der Waals surface area contributed by atoms with Crippen LogP contribution in [0, 0.1) is 3.57 Å². The van der Waals surface area contributed by atoms with Crippen molar-refractivity contribution >= 4 is 51.9 Å². The fourth-order valence-corrected chi connectivity index (χ4v) is 4.52. The lowest BCUT2D eigenvalue weighted by molar-refractivity contribution is 0.915. The highest BCUT2D eigenvalue weighted by atomic mass is 127. The van der Waals surface area contributed by atoms with Crippen LogP contribution in [0.25, 0.3) is 0 Å². The number of rotatable bonds is 3. The number of anilines is 1. The van der Waals surface area contributed by atoms with Crippen molar-refractivity contribution in [2.45, 2.75) is 12.2 Å². The van der Waals surface area contributed by atoms with Crippen LogP contribution in [-0.2, 0) is 0 Å². The summed E-state index contributed by atoms with van der Waals surface area (Å²) in [7, 11) is 0. The zero-order valence-corrected chi connectivity index (χ0v) is 12.9. The molecule has 0 aromatic carbocycles. The summed E-state index contributed by atoms with van der Waals surface area (Å²) in [5, 5.41) is 3.75. The topological polar surface area (TPSA) is 37.8 Å². The number of nitrogens with zero attached hydrogens (tertiary/aromatic N) is 2. The van der Waals surface area contributed by atoms with Gasteiger partial charge < -0.3 is 5.32 Å². The van der Waals surface area contributed by atoms with Crippen molar-refractivity contribution in [3.05, 3.63) is 15.6 Å². The van der Waals surface area contributed by atoms with E-state index in [4.69, 9.17) is 0 Å². The summed E-state index contributed by atoms with van der Waals surface area (Å²) in [6, 6.07) is 0. The Bertz CT molecular complexity index is 356. The van der Waals surface area contributed by atoms with Crippen LogP contribution < -0.4 is 5.32 Å². The first kappa shape index (κ1) is 12.8. The van der Waals surface area contributed by atoms with Gasteiger partial charge in [0.1, 0.15) is 11.6 Å². The van der Waals surface area contributed by atoms with Gasteiger partial charge in [-0.25, -0.2) is 9.97 Å². The van der Waals surface area contributed by atoms with Gasteiger partial charge in [0.05, 0.1) is 8.82 Å². The molecular formula is C10H14IN3S2. The van der Waals surface area contributed by atoms with Crippen LogP contribution in [-0.4, -0.2) is 33.8 Å². The molecule has 1 fully saturated rings. The minimum atomic E-state index is 0.466. The van der Waals surface area contributed by atoms with E-state index in [0.29, 0.717) is 5.25 Å². The largest absolute Gasteiger partial charge is 0.369 e. The molecule has 1 saturated heterocycles. The van der Waals surface area contributed by atoms with Gasteiger partial charge in [-0.2, -0.15) is 11.8 Å². The number of thioether (sulfide) groups is 2. The molecular weight excluding hydrogens is 353 g/mol.